The second-order valence-corrected chi connectivity index (χ2v) is 5.52. The highest BCUT2D eigenvalue weighted by Gasteiger charge is 2.32. The summed E-state index contributed by atoms with van der Waals surface area (Å²) in [7, 11) is 0. The van der Waals surface area contributed by atoms with Gasteiger partial charge in [-0.25, -0.2) is 0 Å². The van der Waals surface area contributed by atoms with Crippen LogP contribution in [0.3, 0.4) is 0 Å². The van der Waals surface area contributed by atoms with E-state index in [4.69, 9.17) is 4.74 Å². The van der Waals surface area contributed by atoms with Crippen molar-refractivity contribution in [2.24, 2.45) is 5.92 Å². The molecule has 1 amide bonds. The fraction of sp³-hybridized carbons (Fsp3) is 0.500. The van der Waals surface area contributed by atoms with Crippen LogP contribution in [0.25, 0.3) is 0 Å². The molecule has 1 heterocycles. The zero-order chi connectivity index (χ0) is 13.1. The molecule has 1 N–H and O–H groups in total. The third-order valence-electron chi connectivity index (χ3n) is 3.39. The minimum Gasteiger partial charge on any atom is -0.377 e. The summed E-state index contributed by atoms with van der Waals surface area (Å²) in [5.41, 5.74) is 1.99. The predicted octanol–water partition coefficient (Wildman–Crippen LogP) is 3.51. The highest BCUT2D eigenvalue weighted by Crippen LogP contribution is 2.26. The molecule has 0 bridgehead atoms. The fourth-order valence-electron chi connectivity index (χ4n) is 2.26. The summed E-state index contributed by atoms with van der Waals surface area (Å²) in [6.07, 6.45) is 1.77. The first-order valence-corrected chi connectivity index (χ1v) is 7.09. The Balaban J connectivity index is 2.04. The molecule has 0 spiro atoms. The van der Waals surface area contributed by atoms with Gasteiger partial charge in [-0.2, -0.15) is 0 Å². The van der Waals surface area contributed by atoms with Gasteiger partial charge in [-0.3, -0.25) is 4.79 Å². The quantitative estimate of drug-likeness (QED) is 0.927. The van der Waals surface area contributed by atoms with Crippen LogP contribution >= 0.6 is 15.9 Å². The molecule has 3 nitrogen and oxygen atoms in total. The topological polar surface area (TPSA) is 38.3 Å². The van der Waals surface area contributed by atoms with Crippen molar-refractivity contribution in [3.05, 3.63) is 28.2 Å². The van der Waals surface area contributed by atoms with Crippen LogP contribution in [-0.2, 0) is 9.53 Å². The molecular formula is C14H18BrNO2. The molecule has 0 aliphatic carbocycles. The van der Waals surface area contributed by atoms with E-state index in [9.17, 15) is 4.79 Å². The van der Waals surface area contributed by atoms with Gasteiger partial charge in [0, 0.05) is 16.8 Å². The molecule has 2 unspecified atom stereocenters. The molecule has 1 fully saturated rings. The lowest BCUT2D eigenvalue weighted by Gasteiger charge is -2.16. The van der Waals surface area contributed by atoms with E-state index in [2.05, 4.69) is 28.2 Å². The number of anilines is 1. The Bertz CT molecular complexity index is 447. The van der Waals surface area contributed by atoms with Gasteiger partial charge in [0.25, 0.3) is 0 Å². The number of halogens is 1. The Hall–Kier alpha value is -0.870. The lowest BCUT2D eigenvalue weighted by atomic mass is 9.98. The average Bonchev–Trinajstić information content (AvgIpc) is 2.82. The molecule has 1 aromatic carbocycles. The number of nitrogens with one attached hydrogen (secondary N) is 1. The third-order valence-corrected chi connectivity index (χ3v) is 4.24. The minimum atomic E-state index is -0.0184. The minimum absolute atomic E-state index is 0.0184. The van der Waals surface area contributed by atoms with Gasteiger partial charge in [0.05, 0.1) is 12.0 Å². The Morgan fingerprint density at radius 1 is 1.56 bits per heavy atom. The average molecular weight is 312 g/mol. The Kier molecular flexibility index (Phi) is 4.40. The van der Waals surface area contributed by atoms with Crippen molar-refractivity contribution >= 4 is 27.5 Å². The van der Waals surface area contributed by atoms with Gasteiger partial charge in [0.2, 0.25) is 5.91 Å². The van der Waals surface area contributed by atoms with Crippen molar-refractivity contribution in [2.75, 3.05) is 11.9 Å². The van der Waals surface area contributed by atoms with Crippen molar-refractivity contribution in [1.29, 1.82) is 0 Å². The van der Waals surface area contributed by atoms with Crippen molar-refractivity contribution < 1.29 is 9.53 Å². The number of hydrogen-bond donors (Lipinski definition) is 1. The molecule has 1 aliphatic heterocycles. The van der Waals surface area contributed by atoms with E-state index in [1.165, 1.54) is 0 Å². The largest absolute Gasteiger partial charge is 0.377 e. The van der Waals surface area contributed by atoms with Gasteiger partial charge in [0.15, 0.2) is 0 Å². The van der Waals surface area contributed by atoms with Gasteiger partial charge >= 0.3 is 0 Å². The molecule has 0 radical (unpaired) electrons. The third kappa shape index (κ3) is 2.93. The van der Waals surface area contributed by atoms with E-state index >= 15 is 0 Å². The maximum Gasteiger partial charge on any atom is 0.230 e. The van der Waals surface area contributed by atoms with E-state index in [0.717, 1.165) is 28.6 Å². The standard InChI is InChI=1S/C14H18BrNO2/c1-3-13-11(6-7-18-13)14(17)16-10-5-4-9(2)12(15)8-10/h4-5,8,11,13H,3,6-7H2,1-2H3,(H,16,17). The summed E-state index contributed by atoms with van der Waals surface area (Å²) < 4.78 is 6.56. The van der Waals surface area contributed by atoms with E-state index < -0.39 is 0 Å². The van der Waals surface area contributed by atoms with Gasteiger partial charge in [-0.15, -0.1) is 0 Å². The molecule has 0 aromatic heterocycles. The molecule has 2 rings (SSSR count). The number of hydrogen-bond acceptors (Lipinski definition) is 2. The second kappa shape index (κ2) is 5.85. The smallest absolute Gasteiger partial charge is 0.230 e. The predicted molar refractivity (Wildman–Crippen MR) is 75.6 cm³/mol. The van der Waals surface area contributed by atoms with E-state index in [1.807, 2.05) is 25.1 Å². The van der Waals surface area contributed by atoms with Crippen molar-refractivity contribution in [3.63, 3.8) is 0 Å². The van der Waals surface area contributed by atoms with Gasteiger partial charge in [-0.1, -0.05) is 28.9 Å². The molecule has 0 saturated carbocycles. The number of aryl methyl sites for hydroxylation is 1. The Labute approximate surface area is 116 Å². The maximum absolute atomic E-state index is 12.2. The first-order chi connectivity index (χ1) is 8.61. The molecule has 4 heteroatoms. The van der Waals surface area contributed by atoms with Crippen molar-refractivity contribution in [3.8, 4) is 0 Å². The first kappa shape index (κ1) is 13.6. The fourth-order valence-corrected chi connectivity index (χ4v) is 2.64. The van der Waals surface area contributed by atoms with Gasteiger partial charge in [-0.05, 0) is 37.5 Å². The number of rotatable bonds is 3. The summed E-state index contributed by atoms with van der Waals surface area (Å²) >= 11 is 3.47. The lowest BCUT2D eigenvalue weighted by Crippen LogP contribution is -2.29. The molecule has 1 saturated heterocycles. The zero-order valence-corrected chi connectivity index (χ0v) is 12.3. The van der Waals surface area contributed by atoms with Crippen LogP contribution in [0.1, 0.15) is 25.3 Å². The summed E-state index contributed by atoms with van der Waals surface area (Å²) in [4.78, 5) is 12.2. The number of ether oxygens (including phenoxy) is 1. The van der Waals surface area contributed by atoms with Crippen LogP contribution in [0.15, 0.2) is 22.7 Å². The molecule has 18 heavy (non-hydrogen) atoms. The highest BCUT2D eigenvalue weighted by atomic mass is 79.9. The van der Waals surface area contributed by atoms with E-state index in [-0.39, 0.29) is 17.9 Å². The van der Waals surface area contributed by atoms with Crippen LogP contribution in [0.4, 0.5) is 5.69 Å². The van der Waals surface area contributed by atoms with E-state index in [0.29, 0.717) is 6.61 Å². The van der Waals surface area contributed by atoms with Crippen LogP contribution in [0.5, 0.6) is 0 Å². The van der Waals surface area contributed by atoms with E-state index in [1.54, 1.807) is 0 Å². The molecular weight excluding hydrogens is 294 g/mol. The summed E-state index contributed by atoms with van der Waals surface area (Å²) in [5.74, 6) is 0.0465. The number of carbonyl (C=O) groups is 1. The van der Waals surface area contributed by atoms with Crippen molar-refractivity contribution in [1.82, 2.24) is 0 Å². The highest BCUT2D eigenvalue weighted by molar-refractivity contribution is 9.10. The normalized spacial score (nSPS) is 23.1. The van der Waals surface area contributed by atoms with Gasteiger partial charge in [0.1, 0.15) is 0 Å². The molecule has 1 aromatic rings. The Morgan fingerprint density at radius 3 is 3.00 bits per heavy atom. The van der Waals surface area contributed by atoms with Crippen LogP contribution in [0, 0.1) is 12.8 Å². The summed E-state index contributed by atoms with van der Waals surface area (Å²) in [6.45, 7) is 4.76. The first-order valence-electron chi connectivity index (χ1n) is 6.30. The lowest BCUT2D eigenvalue weighted by molar-refractivity contribution is -0.121. The second-order valence-electron chi connectivity index (χ2n) is 4.67. The maximum atomic E-state index is 12.2. The van der Waals surface area contributed by atoms with Crippen LogP contribution < -0.4 is 5.32 Å². The summed E-state index contributed by atoms with van der Waals surface area (Å²) in [5, 5.41) is 2.97. The monoisotopic (exact) mass is 311 g/mol. The SMILES string of the molecule is CCC1OCCC1C(=O)Nc1ccc(C)c(Br)c1. The Morgan fingerprint density at radius 2 is 2.33 bits per heavy atom. The van der Waals surface area contributed by atoms with Gasteiger partial charge < -0.3 is 10.1 Å². The number of amides is 1. The summed E-state index contributed by atoms with van der Waals surface area (Å²) in [6, 6.07) is 5.85. The van der Waals surface area contributed by atoms with Crippen molar-refractivity contribution in [2.45, 2.75) is 32.8 Å². The number of carbonyl (C=O) groups excluding carboxylic acids is 1. The zero-order valence-electron chi connectivity index (χ0n) is 10.7. The molecule has 1 aliphatic rings. The number of benzene rings is 1. The molecule has 2 atom stereocenters. The van der Waals surface area contributed by atoms with Crippen LogP contribution in [-0.4, -0.2) is 18.6 Å². The van der Waals surface area contributed by atoms with Crippen LogP contribution in [0.2, 0.25) is 0 Å². The molecule has 98 valence electrons.